The molecule has 1 atom stereocenters. The van der Waals surface area contributed by atoms with Crippen LogP contribution in [0.3, 0.4) is 0 Å². The first-order chi connectivity index (χ1) is 9.56. The molecule has 2 aromatic rings. The lowest BCUT2D eigenvalue weighted by molar-refractivity contribution is -0.384. The summed E-state index contributed by atoms with van der Waals surface area (Å²) >= 11 is 3.50. The van der Waals surface area contributed by atoms with Gasteiger partial charge < -0.3 is 5.73 Å². The Morgan fingerprint density at radius 1 is 1.15 bits per heavy atom. The van der Waals surface area contributed by atoms with Crippen LogP contribution in [0.4, 0.5) is 5.69 Å². The van der Waals surface area contributed by atoms with E-state index in [9.17, 15) is 10.1 Å². The Hall–Kier alpha value is -1.72. The monoisotopic (exact) mass is 334 g/mol. The summed E-state index contributed by atoms with van der Waals surface area (Å²) in [7, 11) is 0. The summed E-state index contributed by atoms with van der Waals surface area (Å²) in [5, 5.41) is 10.7. The summed E-state index contributed by atoms with van der Waals surface area (Å²) in [6.07, 6.45) is 1.34. The number of rotatable bonds is 5. The smallest absolute Gasteiger partial charge is 0.269 e. The topological polar surface area (TPSA) is 69.2 Å². The van der Waals surface area contributed by atoms with Gasteiger partial charge in [-0.15, -0.1) is 0 Å². The van der Waals surface area contributed by atoms with Crippen LogP contribution in [0.2, 0.25) is 0 Å². The highest BCUT2D eigenvalue weighted by Gasteiger charge is 2.10. The molecule has 0 saturated carbocycles. The zero-order chi connectivity index (χ0) is 14.5. The zero-order valence-corrected chi connectivity index (χ0v) is 12.4. The standard InChI is InChI=1S/C15H15BrN2O2/c16-15-7-2-1-5-12(15)10-13(17)8-11-4-3-6-14(9-11)18(19)20/h1-7,9,13H,8,10,17H2. The Balaban J connectivity index is 2.05. The first-order valence-electron chi connectivity index (χ1n) is 6.28. The average Bonchev–Trinajstić information content (AvgIpc) is 2.41. The van der Waals surface area contributed by atoms with E-state index in [4.69, 9.17) is 5.73 Å². The minimum Gasteiger partial charge on any atom is -0.327 e. The lowest BCUT2D eigenvalue weighted by Crippen LogP contribution is -2.25. The molecule has 0 aliphatic heterocycles. The molecule has 0 aliphatic rings. The van der Waals surface area contributed by atoms with Gasteiger partial charge in [0.1, 0.15) is 0 Å². The largest absolute Gasteiger partial charge is 0.327 e. The molecular formula is C15H15BrN2O2. The Kier molecular flexibility index (Phi) is 4.87. The van der Waals surface area contributed by atoms with Crippen molar-refractivity contribution in [1.29, 1.82) is 0 Å². The molecule has 1 unspecified atom stereocenters. The SMILES string of the molecule is NC(Cc1cccc([N+](=O)[O-])c1)Cc1ccccc1Br. The number of halogens is 1. The third-order valence-electron chi connectivity index (χ3n) is 3.06. The molecule has 0 aliphatic carbocycles. The maximum absolute atomic E-state index is 10.7. The summed E-state index contributed by atoms with van der Waals surface area (Å²) in [6.45, 7) is 0. The fraction of sp³-hybridized carbons (Fsp3) is 0.200. The van der Waals surface area contributed by atoms with Crippen molar-refractivity contribution in [1.82, 2.24) is 0 Å². The van der Waals surface area contributed by atoms with Gasteiger partial charge in [-0.2, -0.15) is 0 Å². The first kappa shape index (κ1) is 14.7. The number of nitrogens with two attached hydrogens (primary N) is 1. The van der Waals surface area contributed by atoms with Crippen LogP contribution in [0.25, 0.3) is 0 Å². The molecule has 0 aromatic heterocycles. The molecule has 0 fully saturated rings. The van der Waals surface area contributed by atoms with E-state index in [1.165, 1.54) is 6.07 Å². The molecule has 104 valence electrons. The van der Waals surface area contributed by atoms with Crippen molar-refractivity contribution in [3.8, 4) is 0 Å². The van der Waals surface area contributed by atoms with Crippen molar-refractivity contribution < 1.29 is 4.92 Å². The molecule has 0 heterocycles. The second-order valence-electron chi connectivity index (χ2n) is 4.69. The summed E-state index contributed by atoms with van der Waals surface area (Å²) in [4.78, 5) is 10.4. The van der Waals surface area contributed by atoms with Crippen molar-refractivity contribution >= 4 is 21.6 Å². The van der Waals surface area contributed by atoms with Crippen LogP contribution in [-0.2, 0) is 12.8 Å². The van der Waals surface area contributed by atoms with E-state index in [1.54, 1.807) is 12.1 Å². The van der Waals surface area contributed by atoms with Gasteiger partial charge in [-0.05, 0) is 30.0 Å². The highest BCUT2D eigenvalue weighted by molar-refractivity contribution is 9.10. The fourth-order valence-electron chi connectivity index (χ4n) is 2.12. The van der Waals surface area contributed by atoms with Crippen LogP contribution < -0.4 is 5.73 Å². The predicted octanol–water partition coefficient (Wildman–Crippen LogP) is 3.47. The predicted molar refractivity (Wildman–Crippen MR) is 82.6 cm³/mol. The molecule has 2 aromatic carbocycles. The molecule has 4 nitrogen and oxygen atoms in total. The molecule has 0 radical (unpaired) electrons. The lowest BCUT2D eigenvalue weighted by Gasteiger charge is -2.13. The molecule has 5 heteroatoms. The minimum absolute atomic E-state index is 0.0734. The van der Waals surface area contributed by atoms with Crippen molar-refractivity contribution in [3.63, 3.8) is 0 Å². The lowest BCUT2D eigenvalue weighted by atomic mass is 9.99. The third kappa shape index (κ3) is 3.88. The van der Waals surface area contributed by atoms with Crippen LogP contribution in [0.5, 0.6) is 0 Å². The summed E-state index contributed by atoms with van der Waals surface area (Å²) in [6, 6.07) is 14.5. The van der Waals surface area contributed by atoms with E-state index in [0.717, 1.165) is 22.0 Å². The molecule has 0 spiro atoms. The second kappa shape index (κ2) is 6.63. The number of nitro benzene ring substituents is 1. The van der Waals surface area contributed by atoms with E-state index in [0.29, 0.717) is 6.42 Å². The number of nitro groups is 1. The van der Waals surface area contributed by atoms with Gasteiger partial charge in [-0.25, -0.2) is 0 Å². The Bertz CT molecular complexity index is 616. The van der Waals surface area contributed by atoms with Gasteiger partial charge in [0, 0.05) is 22.6 Å². The van der Waals surface area contributed by atoms with Gasteiger partial charge in [0.05, 0.1) is 4.92 Å². The van der Waals surface area contributed by atoms with Gasteiger partial charge in [0.25, 0.3) is 5.69 Å². The highest BCUT2D eigenvalue weighted by Crippen LogP contribution is 2.19. The van der Waals surface area contributed by atoms with Gasteiger partial charge >= 0.3 is 0 Å². The van der Waals surface area contributed by atoms with Crippen molar-refractivity contribution in [2.24, 2.45) is 5.73 Å². The van der Waals surface area contributed by atoms with E-state index < -0.39 is 0 Å². The Labute approximate surface area is 125 Å². The Morgan fingerprint density at radius 3 is 2.60 bits per heavy atom. The summed E-state index contributed by atoms with van der Waals surface area (Å²) in [5.41, 5.74) is 8.28. The van der Waals surface area contributed by atoms with Gasteiger partial charge in [0.2, 0.25) is 0 Å². The zero-order valence-electron chi connectivity index (χ0n) is 10.8. The second-order valence-corrected chi connectivity index (χ2v) is 5.54. The number of hydrogen-bond donors (Lipinski definition) is 1. The van der Waals surface area contributed by atoms with Crippen LogP contribution in [-0.4, -0.2) is 11.0 Å². The fourth-order valence-corrected chi connectivity index (χ4v) is 2.56. The minimum atomic E-state index is -0.386. The molecule has 0 saturated heterocycles. The van der Waals surface area contributed by atoms with Gasteiger partial charge in [-0.3, -0.25) is 10.1 Å². The first-order valence-corrected chi connectivity index (χ1v) is 7.08. The summed E-state index contributed by atoms with van der Waals surface area (Å²) in [5.74, 6) is 0. The maximum atomic E-state index is 10.7. The van der Waals surface area contributed by atoms with Gasteiger partial charge in [0.15, 0.2) is 0 Å². The van der Waals surface area contributed by atoms with Crippen LogP contribution in [0.15, 0.2) is 53.0 Å². The van der Waals surface area contributed by atoms with Crippen LogP contribution >= 0.6 is 15.9 Å². The number of benzene rings is 2. The van der Waals surface area contributed by atoms with E-state index in [-0.39, 0.29) is 16.7 Å². The quantitative estimate of drug-likeness (QED) is 0.672. The summed E-state index contributed by atoms with van der Waals surface area (Å²) < 4.78 is 1.04. The number of nitrogens with zero attached hydrogens (tertiary/aromatic N) is 1. The van der Waals surface area contributed by atoms with Crippen molar-refractivity contribution in [2.45, 2.75) is 18.9 Å². The van der Waals surface area contributed by atoms with E-state index in [2.05, 4.69) is 15.9 Å². The molecular weight excluding hydrogens is 320 g/mol. The molecule has 2 N–H and O–H groups in total. The number of hydrogen-bond acceptors (Lipinski definition) is 3. The average molecular weight is 335 g/mol. The highest BCUT2D eigenvalue weighted by atomic mass is 79.9. The van der Waals surface area contributed by atoms with Crippen LogP contribution in [0, 0.1) is 10.1 Å². The maximum Gasteiger partial charge on any atom is 0.269 e. The van der Waals surface area contributed by atoms with E-state index >= 15 is 0 Å². The Morgan fingerprint density at radius 2 is 1.90 bits per heavy atom. The number of non-ortho nitro benzene ring substituents is 1. The molecule has 0 bridgehead atoms. The van der Waals surface area contributed by atoms with Crippen molar-refractivity contribution in [3.05, 3.63) is 74.2 Å². The third-order valence-corrected chi connectivity index (χ3v) is 3.83. The van der Waals surface area contributed by atoms with Crippen LogP contribution in [0.1, 0.15) is 11.1 Å². The van der Waals surface area contributed by atoms with Gasteiger partial charge in [-0.1, -0.05) is 46.3 Å². The molecule has 2 rings (SSSR count). The van der Waals surface area contributed by atoms with Crippen molar-refractivity contribution in [2.75, 3.05) is 0 Å². The molecule has 0 amide bonds. The van der Waals surface area contributed by atoms with E-state index in [1.807, 2.05) is 30.3 Å². The molecule has 20 heavy (non-hydrogen) atoms. The normalized spacial score (nSPS) is 12.1.